The van der Waals surface area contributed by atoms with Crippen LogP contribution in [0, 0.1) is 5.82 Å². The number of benzene rings is 1. The third-order valence-corrected chi connectivity index (χ3v) is 3.02. The topological polar surface area (TPSA) is 70.0 Å². The smallest absolute Gasteiger partial charge is 0.330 e. The average Bonchev–Trinajstić information content (AvgIpc) is 2.44. The molecule has 1 aromatic carbocycles. The molecular weight excluding hydrogens is 261 g/mol. The van der Waals surface area contributed by atoms with Crippen LogP contribution in [0.15, 0.2) is 46.1 Å². The Morgan fingerprint density at radius 3 is 2.60 bits per heavy atom. The van der Waals surface area contributed by atoms with Crippen molar-refractivity contribution in [2.45, 2.75) is 19.5 Å². The summed E-state index contributed by atoms with van der Waals surface area (Å²) in [4.78, 5) is 23.8. The molecule has 0 spiro atoms. The van der Waals surface area contributed by atoms with E-state index in [9.17, 15) is 14.0 Å². The molecule has 0 aliphatic rings. The van der Waals surface area contributed by atoms with Crippen molar-refractivity contribution in [1.29, 1.82) is 0 Å². The van der Waals surface area contributed by atoms with Gasteiger partial charge in [0.05, 0.1) is 6.54 Å². The van der Waals surface area contributed by atoms with Gasteiger partial charge in [-0.25, -0.2) is 9.18 Å². The van der Waals surface area contributed by atoms with Crippen molar-refractivity contribution in [3.63, 3.8) is 0 Å². The normalized spacial score (nSPS) is 10.7. The Labute approximate surface area is 115 Å². The summed E-state index contributed by atoms with van der Waals surface area (Å²) in [6, 6.07) is 7.54. The maximum absolute atomic E-state index is 13.6. The van der Waals surface area contributed by atoms with E-state index in [1.807, 2.05) is 0 Å². The molecule has 0 fully saturated rings. The van der Waals surface area contributed by atoms with E-state index in [1.54, 1.807) is 18.2 Å². The maximum Gasteiger partial charge on any atom is 0.331 e. The number of hydrogen-bond acceptors (Lipinski definition) is 3. The van der Waals surface area contributed by atoms with Gasteiger partial charge in [0.25, 0.3) is 5.56 Å². The molecular formula is C14H16FN3O2. The van der Waals surface area contributed by atoms with Gasteiger partial charge in [-0.1, -0.05) is 18.2 Å². The standard InChI is InChI=1S/C14H16FN3O2/c15-12-5-2-1-4-11(12)10-17-9-6-13(19)18(14(17)20)8-3-7-16/h1-2,4-6,9H,3,7-8,10,16H2. The van der Waals surface area contributed by atoms with Gasteiger partial charge in [0.1, 0.15) is 5.82 Å². The van der Waals surface area contributed by atoms with Crippen LogP contribution in [0.4, 0.5) is 4.39 Å². The summed E-state index contributed by atoms with van der Waals surface area (Å²) in [6.07, 6.45) is 1.93. The molecule has 2 N–H and O–H groups in total. The molecule has 6 heteroatoms. The van der Waals surface area contributed by atoms with E-state index in [-0.39, 0.29) is 24.5 Å². The van der Waals surface area contributed by atoms with E-state index in [4.69, 9.17) is 5.73 Å². The molecule has 0 atom stereocenters. The molecule has 1 aromatic heterocycles. The number of nitrogens with zero attached hydrogens (tertiary/aromatic N) is 2. The van der Waals surface area contributed by atoms with Gasteiger partial charge in [0.2, 0.25) is 0 Å². The van der Waals surface area contributed by atoms with Crippen LogP contribution in [0.3, 0.4) is 0 Å². The molecule has 0 amide bonds. The molecule has 5 nitrogen and oxygen atoms in total. The van der Waals surface area contributed by atoms with Crippen molar-refractivity contribution < 1.29 is 4.39 Å². The summed E-state index contributed by atoms with van der Waals surface area (Å²) >= 11 is 0. The first kappa shape index (κ1) is 14.2. The fourth-order valence-corrected chi connectivity index (χ4v) is 1.94. The van der Waals surface area contributed by atoms with Gasteiger partial charge >= 0.3 is 5.69 Å². The third-order valence-electron chi connectivity index (χ3n) is 3.02. The Kier molecular flexibility index (Phi) is 4.47. The van der Waals surface area contributed by atoms with Crippen LogP contribution in [0.25, 0.3) is 0 Å². The Hall–Kier alpha value is -2.21. The monoisotopic (exact) mass is 277 g/mol. The van der Waals surface area contributed by atoms with E-state index in [1.165, 1.54) is 22.9 Å². The molecule has 0 unspecified atom stereocenters. The van der Waals surface area contributed by atoms with E-state index in [2.05, 4.69) is 0 Å². The molecule has 0 radical (unpaired) electrons. The first-order valence-corrected chi connectivity index (χ1v) is 6.37. The Bertz CT molecular complexity index is 706. The summed E-state index contributed by atoms with van der Waals surface area (Å²) in [5.74, 6) is -0.376. The van der Waals surface area contributed by atoms with Crippen LogP contribution in [0.1, 0.15) is 12.0 Å². The predicted octanol–water partition coefficient (Wildman–Crippen LogP) is 0.546. The van der Waals surface area contributed by atoms with Crippen LogP contribution in [0.2, 0.25) is 0 Å². The van der Waals surface area contributed by atoms with Gasteiger partial charge in [0, 0.05) is 24.4 Å². The minimum Gasteiger partial charge on any atom is -0.330 e. The molecule has 0 saturated heterocycles. The number of halogens is 1. The zero-order valence-electron chi connectivity index (χ0n) is 11.0. The first-order chi connectivity index (χ1) is 9.63. The average molecular weight is 277 g/mol. The van der Waals surface area contributed by atoms with Gasteiger partial charge in [-0.15, -0.1) is 0 Å². The van der Waals surface area contributed by atoms with E-state index < -0.39 is 5.69 Å². The fourth-order valence-electron chi connectivity index (χ4n) is 1.94. The fraction of sp³-hybridized carbons (Fsp3) is 0.286. The first-order valence-electron chi connectivity index (χ1n) is 6.37. The third kappa shape index (κ3) is 3.03. The summed E-state index contributed by atoms with van der Waals surface area (Å²) in [5, 5.41) is 0. The highest BCUT2D eigenvalue weighted by atomic mass is 19.1. The lowest BCUT2D eigenvalue weighted by atomic mass is 10.2. The molecule has 1 heterocycles. The number of aromatic nitrogens is 2. The number of hydrogen-bond donors (Lipinski definition) is 1. The predicted molar refractivity (Wildman–Crippen MR) is 74.1 cm³/mol. The number of rotatable bonds is 5. The van der Waals surface area contributed by atoms with Crippen LogP contribution in [0.5, 0.6) is 0 Å². The van der Waals surface area contributed by atoms with Gasteiger partial charge < -0.3 is 5.73 Å². The molecule has 2 aromatic rings. The zero-order chi connectivity index (χ0) is 14.5. The highest BCUT2D eigenvalue weighted by Gasteiger charge is 2.07. The number of nitrogens with two attached hydrogens (primary N) is 1. The van der Waals surface area contributed by atoms with Gasteiger partial charge in [-0.3, -0.25) is 13.9 Å². The minimum absolute atomic E-state index is 0.0917. The zero-order valence-corrected chi connectivity index (χ0v) is 11.0. The van der Waals surface area contributed by atoms with Crippen molar-refractivity contribution in [3.8, 4) is 0 Å². The lowest BCUT2D eigenvalue weighted by Gasteiger charge is -2.10. The Balaban J connectivity index is 2.36. The van der Waals surface area contributed by atoms with E-state index in [0.29, 0.717) is 18.5 Å². The molecule has 2 rings (SSSR count). The summed E-state index contributed by atoms with van der Waals surface area (Å²) in [6.45, 7) is 0.759. The second kappa shape index (κ2) is 6.29. The molecule has 0 saturated carbocycles. The Morgan fingerprint density at radius 1 is 1.15 bits per heavy atom. The minimum atomic E-state index is -0.450. The summed E-state index contributed by atoms with van der Waals surface area (Å²) < 4.78 is 16.0. The van der Waals surface area contributed by atoms with E-state index in [0.717, 1.165) is 4.57 Å². The maximum atomic E-state index is 13.6. The second-order valence-electron chi connectivity index (χ2n) is 4.45. The second-order valence-corrected chi connectivity index (χ2v) is 4.45. The largest absolute Gasteiger partial charge is 0.331 e. The van der Waals surface area contributed by atoms with Crippen LogP contribution in [-0.2, 0) is 13.1 Å². The Morgan fingerprint density at radius 2 is 1.90 bits per heavy atom. The van der Waals surface area contributed by atoms with Crippen LogP contribution < -0.4 is 17.0 Å². The van der Waals surface area contributed by atoms with Crippen LogP contribution >= 0.6 is 0 Å². The molecule has 106 valence electrons. The molecule has 20 heavy (non-hydrogen) atoms. The summed E-state index contributed by atoms with van der Waals surface area (Å²) in [5.41, 5.74) is 4.97. The SMILES string of the molecule is NCCCn1c(=O)ccn(Cc2ccccc2F)c1=O. The van der Waals surface area contributed by atoms with Crippen molar-refractivity contribution in [1.82, 2.24) is 9.13 Å². The quantitative estimate of drug-likeness (QED) is 0.867. The lowest BCUT2D eigenvalue weighted by molar-refractivity contribution is 0.543. The highest BCUT2D eigenvalue weighted by Crippen LogP contribution is 2.06. The van der Waals surface area contributed by atoms with Crippen molar-refractivity contribution in [2.24, 2.45) is 5.73 Å². The molecule has 0 aliphatic heterocycles. The van der Waals surface area contributed by atoms with Crippen molar-refractivity contribution >= 4 is 0 Å². The lowest BCUT2D eigenvalue weighted by Crippen LogP contribution is -2.39. The highest BCUT2D eigenvalue weighted by molar-refractivity contribution is 5.17. The van der Waals surface area contributed by atoms with Gasteiger partial charge in [-0.05, 0) is 19.0 Å². The van der Waals surface area contributed by atoms with E-state index >= 15 is 0 Å². The molecule has 0 bridgehead atoms. The van der Waals surface area contributed by atoms with Crippen molar-refractivity contribution in [3.05, 3.63) is 68.7 Å². The van der Waals surface area contributed by atoms with Crippen LogP contribution in [-0.4, -0.2) is 15.7 Å². The van der Waals surface area contributed by atoms with Crippen molar-refractivity contribution in [2.75, 3.05) is 6.54 Å². The van der Waals surface area contributed by atoms with Gasteiger partial charge in [0.15, 0.2) is 0 Å². The molecule has 0 aliphatic carbocycles. The van der Waals surface area contributed by atoms with Gasteiger partial charge in [-0.2, -0.15) is 0 Å². The summed E-state index contributed by atoms with van der Waals surface area (Å²) in [7, 11) is 0.